The predicted octanol–water partition coefficient (Wildman–Crippen LogP) is 3.51. The summed E-state index contributed by atoms with van der Waals surface area (Å²) in [5.41, 5.74) is 2.54. The van der Waals surface area contributed by atoms with E-state index in [9.17, 15) is 0 Å². The van der Waals surface area contributed by atoms with Crippen molar-refractivity contribution in [2.24, 2.45) is 0 Å². The normalized spacial score (nSPS) is 17.0. The van der Waals surface area contributed by atoms with Crippen LogP contribution in [0.15, 0.2) is 18.2 Å². The van der Waals surface area contributed by atoms with E-state index in [0.29, 0.717) is 0 Å². The van der Waals surface area contributed by atoms with Crippen molar-refractivity contribution in [3.63, 3.8) is 0 Å². The second kappa shape index (κ2) is 5.09. The lowest BCUT2D eigenvalue weighted by molar-refractivity contribution is 0.318. The molecule has 3 heteroatoms. The number of anilines is 2. The Labute approximate surface area is 110 Å². The van der Waals surface area contributed by atoms with Gasteiger partial charge in [-0.2, -0.15) is 0 Å². The molecule has 1 aromatic rings. The van der Waals surface area contributed by atoms with E-state index in [-0.39, 0.29) is 5.54 Å². The summed E-state index contributed by atoms with van der Waals surface area (Å²) in [4.78, 5) is 2.44. The van der Waals surface area contributed by atoms with Gasteiger partial charge in [-0.15, -0.1) is 0 Å². The van der Waals surface area contributed by atoms with Crippen molar-refractivity contribution in [1.82, 2.24) is 0 Å². The second-order valence-corrected chi connectivity index (χ2v) is 5.41. The molecule has 0 amide bonds. The van der Waals surface area contributed by atoms with E-state index < -0.39 is 0 Å². The number of hydrogen-bond donors (Lipinski definition) is 1. The highest BCUT2D eigenvalue weighted by molar-refractivity contribution is 5.79. The third-order valence-electron chi connectivity index (χ3n) is 3.50. The number of rotatable bonds is 4. The number of ether oxygens (including phenoxy) is 1. The first kappa shape index (κ1) is 13.1. The molecule has 0 atom stereocenters. The van der Waals surface area contributed by atoms with Crippen LogP contribution in [0.5, 0.6) is 5.75 Å². The Kier molecular flexibility index (Phi) is 3.69. The van der Waals surface area contributed by atoms with Crippen LogP contribution in [0, 0.1) is 0 Å². The molecule has 0 fully saturated rings. The van der Waals surface area contributed by atoms with Crippen LogP contribution in [-0.2, 0) is 0 Å². The Morgan fingerprint density at radius 1 is 1.33 bits per heavy atom. The molecule has 0 saturated carbocycles. The molecule has 0 aliphatic carbocycles. The molecule has 1 N–H and O–H groups in total. The van der Waals surface area contributed by atoms with Gasteiger partial charge in [0.15, 0.2) is 0 Å². The smallest absolute Gasteiger partial charge is 0.144 e. The summed E-state index contributed by atoms with van der Waals surface area (Å²) in [5, 5.41) is 3.53. The first-order valence-corrected chi connectivity index (χ1v) is 6.87. The van der Waals surface area contributed by atoms with Crippen LogP contribution >= 0.6 is 0 Å². The third kappa shape index (κ3) is 2.26. The van der Waals surface area contributed by atoms with Crippen LogP contribution in [0.25, 0.3) is 0 Å². The quantitative estimate of drug-likeness (QED) is 0.882. The van der Waals surface area contributed by atoms with E-state index in [0.717, 1.165) is 37.6 Å². The Balaban J connectivity index is 2.36. The molecule has 0 saturated heterocycles. The van der Waals surface area contributed by atoms with Gasteiger partial charge in [-0.1, -0.05) is 13.0 Å². The van der Waals surface area contributed by atoms with Gasteiger partial charge in [-0.3, -0.25) is 0 Å². The highest BCUT2D eigenvalue weighted by Crippen LogP contribution is 2.41. The maximum absolute atomic E-state index is 5.83. The lowest BCUT2D eigenvalue weighted by atomic mass is 9.97. The molecule has 1 aliphatic heterocycles. The Morgan fingerprint density at radius 3 is 2.78 bits per heavy atom. The van der Waals surface area contributed by atoms with Gasteiger partial charge in [-0.25, -0.2) is 0 Å². The van der Waals surface area contributed by atoms with Gasteiger partial charge in [0.05, 0.1) is 17.8 Å². The maximum Gasteiger partial charge on any atom is 0.144 e. The summed E-state index contributed by atoms with van der Waals surface area (Å²) in [5.74, 6) is 0.975. The lowest BCUT2D eigenvalue weighted by Gasteiger charge is -2.45. The zero-order valence-corrected chi connectivity index (χ0v) is 11.9. The fraction of sp³-hybridized carbons (Fsp3) is 0.600. The van der Waals surface area contributed by atoms with Crippen molar-refractivity contribution in [3.8, 4) is 5.75 Å². The highest BCUT2D eigenvalue weighted by Gasteiger charge is 2.32. The number of nitrogens with one attached hydrogen (secondary N) is 1. The minimum atomic E-state index is 0.144. The molecular formula is C15H24N2O. The van der Waals surface area contributed by atoms with Crippen molar-refractivity contribution in [2.75, 3.05) is 29.9 Å². The summed E-state index contributed by atoms with van der Waals surface area (Å²) in [7, 11) is 0. The monoisotopic (exact) mass is 248 g/mol. The fourth-order valence-corrected chi connectivity index (χ4v) is 2.58. The topological polar surface area (TPSA) is 24.5 Å². The van der Waals surface area contributed by atoms with Crippen molar-refractivity contribution >= 4 is 11.4 Å². The van der Waals surface area contributed by atoms with E-state index in [1.165, 1.54) is 5.69 Å². The number of hydrogen-bond acceptors (Lipinski definition) is 3. The molecule has 0 radical (unpaired) electrons. The second-order valence-electron chi connectivity index (χ2n) is 5.41. The Bertz CT molecular complexity index is 415. The maximum atomic E-state index is 5.83. The fourth-order valence-electron chi connectivity index (χ4n) is 2.58. The largest absolute Gasteiger partial charge is 0.491 e. The molecule has 3 nitrogen and oxygen atoms in total. The summed E-state index contributed by atoms with van der Waals surface area (Å²) < 4.78 is 5.83. The summed E-state index contributed by atoms with van der Waals surface area (Å²) in [6.45, 7) is 11.6. The van der Waals surface area contributed by atoms with Crippen LogP contribution in [0.3, 0.4) is 0 Å². The van der Waals surface area contributed by atoms with Crippen LogP contribution in [0.4, 0.5) is 11.4 Å². The molecule has 0 bridgehead atoms. The predicted molar refractivity (Wildman–Crippen MR) is 77.8 cm³/mol. The summed E-state index contributed by atoms with van der Waals surface area (Å²) in [6, 6.07) is 6.30. The molecule has 18 heavy (non-hydrogen) atoms. The van der Waals surface area contributed by atoms with Crippen LogP contribution < -0.4 is 15.0 Å². The first-order valence-electron chi connectivity index (χ1n) is 6.87. The third-order valence-corrected chi connectivity index (χ3v) is 3.50. The summed E-state index contributed by atoms with van der Waals surface area (Å²) >= 11 is 0. The molecule has 0 unspecified atom stereocenters. The van der Waals surface area contributed by atoms with Crippen molar-refractivity contribution < 1.29 is 4.74 Å². The number of para-hydroxylation sites is 1. The number of benzene rings is 1. The van der Waals surface area contributed by atoms with E-state index >= 15 is 0 Å². The van der Waals surface area contributed by atoms with Crippen LogP contribution in [0.2, 0.25) is 0 Å². The SMILES string of the molecule is CCCOc1cccc2c1NCC(C)(C)N2CC. The molecule has 100 valence electrons. The lowest BCUT2D eigenvalue weighted by Crippen LogP contribution is -2.52. The average molecular weight is 248 g/mol. The Hall–Kier alpha value is -1.38. The van der Waals surface area contributed by atoms with Gasteiger partial charge < -0.3 is 15.0 Å². The van der Waals surface area contributed by atoms with Gasteiger partial charge in [-0.05, 0) is 39.3 Å². The Morgan fingerprint density at radius 2 is 2.11 bits per heavy atom. The standard InChI is InChI=1S/C15H24N2O/c1-5-10-18-13-9-7-8-12-14(13)16-11-15(3,4)17(12)6-2/h7-9,16H,5-6,10-11H2,1-4H3. The molecule has 2 rings (SSSR count). The minimum absolute atomic E-state index is 0.144. The van der Waals surface area contributed by atoms with Crippen molar-refractivity contribution in [3.05, 3.63) is 18.2 Å². The minimum Gasteiger partial charge on any atom is -0.491 e. The number of nitrogens with zero attached hydrogens (tertiary/aromatic N) is 1. The zero-order chi connectivity index (χ0) is 13.2. The van der Waals surface area contributed by atoms with Gasteiger partial charge in [0.25, 0.3) is 0 Å². The van der Waals surface area contributed by atoms with Crippen LogP contribution in [0.1, 0.15) is 34.1 Å². The van der Waals surface area contributed by atoms with Crippen molar-refractivity contribution in [1.29, 1.82) is 0 Å². The number of fused-ring (bicyclic) bond motifs is 1. The molecule has 0 spiro atoms. The van der Waals surface area contributed by atoms with Crippen molar-refractivity contribution in [2.45, 2.75) is 39.7 Å². The van der Waals surface area contributed by atoms with Gasteiger partial charge in [0.2, 0.25) is 0 Å². The first-order chi connectivity index (χ1) is 8.60. The van der Waals surface area contributed by atoms with Gasteiger partial charge in [0.1, 0.15) is 11.4 Å². The molecular weight excluding hydrogens is 224 g/mol. The molecule has 1 heterocycles. The zero-order valence-electron chi connectivity index (χ0n) is 11.9. The van der Waals surface area contributed by atoms with E-state index in [4.69, 9.17) is 4.74 Å². The highest BCUT2D eigenvalue weighted by atomic mass is 16.5. The van der Waals surface area contributed by atoms with Crippen LogP contribution in [-0.4, -0.2) is 25.2 Å². The van der Waals surface area contributed by atoms with Gasteiger partial charge in [0, 0.05) is 13.1 Å². The van der Waals surface area contributed by atoms with E-state index in [1.807, 2.05) is 6.07 Å². The molecule has 1 aromatic carbocycles. The molecule has 1 aliphatic rings. The molecule has 0 aromatic heterocycles. The summed E-state index contributed by atoms with van der Waals surface area (Å²) in [6.07, 6.45) is 1.03. The van der Waals surface area contributed by atoms with E-state index in [1.54, 1.807) is 0 Å². The number of likely N-dealkylation sites (N-methyl/N-ethyl adjacent to an activating group) is 1. The average Bonchev–Trinajstić information content (AvgIpc) is 2.35. The van der Waals surface area contributed by atoms with E-state index in [2.05, 4.69) is 50.0 Å². The van der Waals surface area contributed by atoms with Gasteiger partial charge >= 0.3 is 0 Å².